The van der Waals surface area contributed by atoms with Crippen molar-refractivity contribution in [2.75, 3.05) is 11.9 Å². The van der Waals surface area contributed by atoms with Crippen molar-refractivity contribution >= 4 is 28.2 Å². The molecule has 0 atom stereocenters. The number of hydrogen-bond acceptors (Lipinski definition) is 4. The van der Waals surface area contributed by atoms with E-state index in [4.69, 9.17) is 4.74 Å². The van der Waals surface area contributed by atoms with Crippen LogP contribution in [0, 0.1) is 5.92 Å². The molecule has 19 heavy (non-hydrogen) atoms. The highest BCUT2D eigenvalue weighted by Gasteiger charge is 2.32. The number of amides is 1. The van der Waals surface area contributed by atoms with Crippen molar-refractivity contribution in [2.24, 2.45) is 5.92 Å². The van der Waals surface area contributed by atoms with Crippen molar-refractivity contribution in [3.63, 3.8) is 0 Å². The van der Waals surface area contributed by atoms with Gasteiger partial charge in [0.05, 0.1) is 12.2 Å². The number of ether oxygens (including phenoxy) is 1. The Balaban J connectivity index is 2.27. The lowest BCUT2D eigenvalue weighted by atomic mass is 10.1. The molecule has 2 rings (SSSR count). The quantitative estimate of drug-likeness (QED) is 0.842. The van der Waals surface area contributed by atoms with Gasteiger partial charge in [-0.1, -0.05) is 13.8 Å². The van der Waals surface area contributed by atoms with Crippen LogP contribution in [0.15, 0.2) is 5.38 Å². The third kappa shape index (κ3) is 3.15. The summed E-state index contributed by atoms with van der Waals surface area (Å²) in [5, 5.41) is 5.43. The zero-order valence-electron chi connectivity index (χ0n) is 11.5. The van der Waals surface area contributed by atoms with E-state index in [1.807, 2.05) is 19.2 Å². The van der Waals surface area contributed by atoms with E-state index >= 15 is 0 Å². The van der Waals surface area contributed by atoms with Crippen LogP contribution in [0.5, 0.6) is 0 Å². The predicted molar refractivity (Wildman–Crippen MR) is 75.7 cm³/mol. The Hall–Kier alpha value is -1.36. The summed E-state index contributed by atoms with van der Waals surface area (Å²) in [7, 11) is 0. The molecule has 104 valence electrons. The van der Waals surface area contributed by atoms with Gasteiger partial charge in [0.2, 0.25) is 5.91 Å². The lowest BCUT2D eigenvalue weighted by Crippen LogP contribution is -2.19. The van der Waals surface area contributed by atoms with Crippen molar-refractivity contribution in [1.29, 1.82) is 0 Å². The van der Waals surface area contributed by atoms with Crippen molar-refractivity contribution in [3.8, 4) is 0 Å². The zero-order chi connectivity index (χ0) is 14.0. The minimum absolute atomic E-state index is 0.0743. The van der Waals surface area contributed by atoms with E-state index in [1.54, 1.807) is 6.92 Å². The zero-order valence-corrected chi connectivity index (χ0v) is 12.3. The number of carbonyl (C=O) groups excluding carboxylic acids is 2. The van der Waals surface area contributed by atoms with Gasteiger partial charge in [-0.25, -0.2) is 4.79 Å². The van der Waals surface area contributed by atoms with Crippen molar-refractivity contribution in [1.82, 2.24) is 0 Å². The van der Waals surface area contributed by atoms with Gasteiger partial charge >= 0.3 is 5.97 Å². The Labute approximate surface area is 117 Å². The second kappa shape index (κ2) is 5.74. The fraction of sp³-hybridized carbons (Fsp3) is 0.571. The first-order valence-corrected chi connectivity index (χ1v) is 7.51. The molecule has 0 spiro atoms. The van der Waals surface area contributed by atoms with Gasteiger partial charge in [0.1, 0.15) is 5.00 Å². The summed E-state index contributed by atoms with van der Waals surface area (Å²) < 4.78 is 5.10. The predicted octanol–water partition coefficient (Wildman–Crippen LogP) is 3.40. The molecule has 0 bridgehead atoms. The standard InChI is InChI=1S/C14H19NO3S/c1-4-18-14(17)11-10(9-5-6-9)7-19-13(11)15-12(16)8(2)3/h7-9H,4-6H2,1-3H3,(H,15,16). The molecule has 4 nitrogen and oxygen atoms in total. The Morgan fingerprint density at radius 2 is 2.16 bits per heavy atom. The lowest BCUT2D eigenvalue weighted by Gasteiger charge is -2.09. The van der Waals surface area contributed by atoms with E-state index in [0.717, 1.165) is 18.4 Å². The van der Waals surface area contributed by atoms with Crippen LogP contribution in [0.3, 0.4) is 0 Å². The van der Waals surface area contributed by atoms with Crippen LogP contribution in [-0.4, -0.2) is 18.5 Å². The third-order valence-corrected chi connectivity index (χ3v) is 3.99. The van der Waals surface area contributed by atoms with Crippen LogP contribution in [-0.2, 0) is 9.53 Å². The van der Waals surface area contributed by atoms with Gasteiger partial charge in [-0.05, 0) is 36.6 Å². The molecule has 1 amide bonds. The van der Waals surface area contributed by atoms with E-state index in [-0.39, 0.29) is 17.8 Å². The highest BCUT2D eigenvalue weighted by atomic mass is 32.1. The van der Waals surface area contributed by atoms with E-state index < -0.39 is 0 Å². The molecule has 1 N–H and O–H groups in total. The molecule has 0 saturated heterocycles. The van der Waals surface area contributed by atoms with Gasteiger partial charge < -0.3 is 10.1 Å². The second-order valence-corrected chi connectivity index (χ2v) is 5.91. The number of rotatable bonds is 5. The van der Waals surface area contributed by atoms with Gasteiger partial charge in [0, 0.05) is 5.92 Å². The van der Waals surface area contributed by atoms with Crippen molar-refractivity contribution < 1.29 is 14.3 Å². The highest BCUT2D eigenvalue weighted by Crippen LogP contribution is 2.46. The van der Waals surface area contributed by atoms with Crippen LogP contribution in [0.4, 0.5) is 5.00 Å². The summed E-state index contributed by atoms with van der Waals surface area (Å²) in [5.41, 5.74) is 1.59. The van der Waals surface area contributed by atoms with Gasteiger partial charge in [0.25, 0.3) is 0 Å². The maximum absolute atomic E-state index is 12.1. The molecule has 1 heterocycles. The van der Waals surface area contributed by atoms with Crippen LogP contribution < -0.4 is 5.32 Å². The first-order valence-electron chi connectivity index (χ1n) is 6.64. The average molecular weight is 281 g/mol. The Bertz CT molecular complexity index is 489. The van der Waals surface area contributed by atoms with Crippen LogP contribution in [0.2, 0.25) is 0 Å². The first kappa shape index (κ1) is 14.1. The van der Waals surface area contributed by atoms with E-state index in [2.05, 4.69) is 5.32 Å². The summed E-state index contributed by atoms with van der Waals surface area (Å²) in [6.45, 7) is 5.79. The van der Waals surface area contributed by atoms with E-state index in [1.165, 1.54) is 11.3 Å². The molecular weight excluding hydrogens is 262 g/mol. The molecule has 1 aliphatic carbocycles. The van der Waals surface area contributed by atoms with Gasteiger partial charge in [0.15, 0.2) is 0 Å². The minimum atomic E-state index is -0.329. The molecule has 1 fully saturated rings. The molecule has 5 heteroatoms. The summed E-state index contributed by atoms with van der Waals surface area (Å²) in [6.07, 6.45) is 2.22. The van der Waals surface area contributed by atoms with Gasteiger partial charge in [-0.15, -0.1) is 11.3 Å². The maximum atomic E-state index is 12.1. The Morgan fingerprint density at radius 1 is 1.47 bits per heavy atom. The number of carbonyl (C=O) groups is 2. The Kier molecular flexibility index (Phi) is 4.24. The lowest BCUT2D eigenvalue weighted by molar-refractivity contribution is -0.118. The molecule has 1 saturated carbocycles. The normalized spacial score (nSPS) is 14.5. The summed E-state index contributed by atoms with van der Waals surface area (Å²) in [5.74, 6) is -0.0543. The maximum Gasteiger partial charge on any atom is 0.341 e. The number of nitrogens with one attached hydrogen (secondary N) is 1. The first-order chi connectivity index (χ1) is 9.04. The molecular formula is C14H19NO3S. The van der Waals surface area contributed by atoms with Crippen LogP contribution in [0.25, 0.3) is 0 Å². The molecule has 1 aromatic rings. The van der Waals surface area contributed by atoms with Crippen LogP contribution in [0.1, 0.15) is 55.5 Å². The van der Waals surface area contributed by atoms with Gasteiger partial charge in [-0.2, -0.15) is 0 Å². The molecule has 1 aliphatic rings. The summed E-state index contributed by atoms with van der Waals surface area (Å²) >= 11 is 1.41. The van der Waals surface area contributed by atoms with Gasteiger partial charge in [-0.3, -0.25) is 4.79 Å². The minimum Gasteiger partial charge on any atom is -0.462 e. The number of hydrogen-bond donors (Lipinski definition) is 1. The van der Waals surface area contributed by atoms with E-state index in [0.29, 0.717) is 23.1 Å². The molecule has 0 unspecified atom stereocenters. The fourth-order valence-electron chi connectivity index (χ4n) is 1.83. The van der Waals surface area contributed by atoms with E-state index in [9.17, 15) is 9.59 Å². The summed E-state index contributed by atoms with van der Waals surface area (Å²) in [6, 6.07) is 0. The topological polar surface area (TPSA) is 55.4 Å². The smallest absolute Gasteiger partial charge is 0.341 e. The fourth-order valence-corrected chi connectivity index (χ4v) is 2.86. The average Bonchev–Trinajstić information content (AvgIpc) is 3.11. The summed E-state index contributed by atoms with van der Waals surface area (Å²) in [4.78, 5) is 23.8. The molecule has 0 aromatic carbocycles. The second-order valence-electron chi connectivity index (χ2n) is 5.03. The Morgan fingerprint density at radius 3 is 2.68 bits per heavy atom. The molecule has 0 aliphatic heterocycles. The van der Waals surface area contributed by atoms with Crippen molar-refractivity contribution in [2.45, 2.75) is 39.5 Å². The van der Waals surface area contributed by atoms with Crippen LogP contribution >= 0.6 is 11.3 Å². The molecule has 0 radical (unpaired) electrons. The number of thiophene rings is 1. The van der Waals surface area contributed by atoms with Crippen molar-refractivity contribution in [3.05, 3.63) is 16.5 Å². The largest absolute Gasteiger partial charge is 0.462 e. The SMILES string of the molecule is CCOC(=O)c1c(C2CC2)csc1NC(=O)C(C)C. The molecule has 1 aromatic heterocycles. The highest BCUT2D eigenvalue weighted by molar-refractivity contribution is 7.15. The number of anilines is 1. The number of esters is 1. The monoisotopic (exact) mass is 281 g/mol. The third-order valence-electron chi connectivity index (χ3n) is 3.08.